The van der Waals surface area contributed by atoms with E-state index >= 15 is 0 Å². The average Bonchev–Trinajstić information content (AvgIpc) is 3.46. The van der Waals surface area contributed by atoms with Crippen molar-refractivity contribution in [1.29, 1.82) is 0 Å². The number of hydrogen-bond donors (Lipinski definition) is 1. The third-order valence-electron chi connectivity index (χ3n) is 4.61. The molecule has 3 rings (SSSR count). The number of hydrogen-bond acceptors (Lipinski definition) is 3. The molecule has 1 aliphatic heterocycles. The van der Waals surface area contributed by atoms with Gasteiger partial charge in [0, 0.05) is 32.1 Å². The lowest BCUT2D eigenvalue weighted by molar-refractivity contribution is -0.132. The summed E-state index contributed by atoms with van der Waals surface area (Å²) in [5.41, 5.74) is 3.55. The van der Waals surface area contributed by atoms with Crippen molar-refractivity contribution in [2.75, 3.05) is 26.2 Å². The topological polar surface area (TPSA) is 61.9 Å². The van der Waals surface area contributed by atoms with Crippen molar-refractivity contribution in [1.82, 2.24) is 15.3 Å². The van der Waals surface area contributed by atoms with E-state index in [1.54, 1.807) is 4.90 Å². The van der Waals surface area contributed by atoms with Crippen LogP contribution in [-0.2, 0) is 9.63 Å². The maximum Gasteiger partial charge on any atom is 0.341 e. The van der Waals surface area contributed by atoms with Crippen molar-refractivity contribution < 1.29 is 14.4 Å². The van der Waals surface area contributed by atoms with Crippen molar-refractivity contribution >= 4 is 11.9 Å². The summed E-state index contributed by atoms with van der Waals surface area (Å²) in [7, 11) is 0. The molecule has 0 spiro atoms. The molecule has 6 nitrogen and oxygen atoms in total. The summed E-state index contributed by atoms with van der Waals surface area (Å²) in [6.45, 7) is 4.43. The van der Waals surface area contributed by atoms with Gasteiger partial charge >= 0.3 is 6.03 Å². The molecule has 1 saturated carbocycles. The van der Waals surface area contributed by atoms with E-state index in [9.17, 15) is 9.59 Å². The third kappa shape index (κ3) is 4.26. The standard InChI is InChI=1S/C18H25N3O3/c1-14(15-6-3-2-4-7-15)24-19-18(23)21-11-5-10-20(12-13-21)17(22)16-8-9-16/h2-4,6-7,14,16H,5,8-13H2,1H3,(H,19,23). The first kappa shape index (κ1) is 16.8. The zero-order chi connectivity index (χ0) is 16.9. The van der Waals surface area contributed by atoms with Crippen LogP contribution >= 0.6 is 0 Å². The van der Waals surface area contributed by atoms with Gasteiger partial charge in [0.2, 0.25) is 5.91 Å². The number of nitrogens with zero attached hydrogens (tertiary/aromatic N) is 2. The molecule has 1 saturated heterocycles. The summed E-state index contributed by atoms with van der Waals surface area (Å²) in [6, 6.07) is 9.52. The smallest absolute Gasteiger partial charge is 0.341 e. The summed E-state index contributed by atoms with van der Waals surface area (Å²) in [6.07, 6.45) is 2.63. The molecule has 2 aliphatic rings. The highest BCUT2D eigenvalue weighted by Crippen LogP contribution is 2.31. The average molecular weight is 331 g/mol. The third-order valence-corrected chi connectivity index (χ3v) is 4.61. The van der Waals surface area contributed by atoms with Crippen molar-refractivity contribution in [2.45, 2.75) is 32.3 Å². The summed E-state index contributed by atoms with van der Waals surface area (Å²) in [5, 5.41) is 0. The molecular formula is C18H25N3O3. The first-order valence-electron chi connectivity index (χ1n) is 8.69. The van der Waals surface area contributed by atoms with Gasteiger partial charge in [-0.3, -0.25) is 9.63 Å². The number of carbonyl (C=O) groups excluding carboxylic acids is 2. The fraction of sp³-hybridized carbons (Fsp3) is 0.556. The van der Waals surface area contributed by atoms with E-state index in [-0.39, 0.29) is 24.0 Å². The Morgan fingerprint density at radius 3 is 2.46 bits per heavy atom. The number of nitrogens with one attached hydrogen (secondary N) is 1. The number of hydroxylamine groups is 1. The van der Waals surface area contributed by atoms with Crippen LogP contribution in [0.25, 0.3) is 0 Å². The van der Waals surface area contributed by atoms with Gasteiger partial charge in [-0.15, -0.1) is 0 Å². The largest absolute Gasteiger partial charge is 0.341 e. The Balaban J connectivity index is 1.45. The lowest BCUT2D eigenvalue weighted by atomic mass is 10.1. The Labute approximate surface area is 142 Å². The van der Waals surface area contributed by atoms with E-state index in [1.807, 2.05) is 42.2 Å². The summed E-state index contributed by atoms with van der Waals surface area (Å²) >= 11 is 0. The molecule has 0 radical (unpaired) electrons. The minimum absolute atomic E-state index is 0.213. The molecule has 1 unspecified atom stereocenters. The van der Waals surface area contributed by atoms with Crippen LogP contribution < -0.4 is 5.48 Å². The fourth-order valence-electron chi connectivity index (χ4n) is 2.92. The van der Waals surface area contributed by atoms with Gasteiger partial charge in [0.1, 0.15) is 6.10 Å². The fourth-order valence-corrected chi connectivity index (χ4v) is 2.92. The predicted octanol–water partition coefficient (Wildman–Crippen LogP) is 2.33. The Kier molecular flexibility index (Phi) is 5.35. The Morgan fingerprint density at radius 2 is 1.75 bits per heavy atom. The molecule has 2 fully saturated rings. The van der Waals surface area contributed by atoms with Gasteiger partial charge < -0.3 is 9.80 Å². The minimum atomic E-state index is -0.237. The lowest BCUT2D eigenvalue weighted by Gasteiger charge is -2.23. The van der Waals surface area contributed by atoms with Gasteiger partial charge in [0.15, 0.2) is 0 Å². The van der Waals surface area contributed by atoms with E-state index in [0.717, 1.165) is 31.4 Å². The molecule has 24 heavy (non-hydrogen) atoms. The normalized spacial score (nSPS) is 19.5. The van der Waals surface area contributed by atoms with Crippen molar-refractivity contribution in [2.24, 2.45) is 5.92 Å². The highest BCUT2D eigenvalue weighted by atomic mass is 16.7. The zero-order valence-electron chi connectivity index (χ0n) is 14.1. The molecule has 1 N–H and O–H groups in total. The SMILES string of the molecule is CC(ONC(=O)N1CCCN(C(=O)C2CC2)CC1)c1ccccc1. The molecule has 1 aromatic carbocycles. The monoisotopic (exact) mass is 331 g/mol. The maximum absolute atomic E-state index is 12.3. The van der Waals surface area contributed by atoms with Gasteiger partial charge in [-0.1, -0.05) is 30.3 Å². The van der Waals surface area contributed by atoms with E-state index < -0.39 is 0 Å². The van der Waals surface area contributed by atoms with E-state index in [2.05, 4.69) is 5.48 Å². The van der Waals surface area contributed by atoms with Crippen LogP contribution in [0.5, 0.6) is 0 Å². The Morgan fingerprint density at radius 1 is 1.08 bits per heavy atom. The van der Waals surface area contributed by atoms with Crippen LogP contribution in [0.4, 0.5) is 4.79 Å². The molecule has 1 aromatic rings. The minimum Gasteiger partial charge on any atom is -0.341 e. The van der Waals surface area contributed by atoms with E-state index in [0.29, 0.717) is 19.6 Å². The highest BCUT2D eigenvalue weighted by molar-refractivity contribution is 5.81. The van der Waals surface area contributed by atoms with Crippen LogP contribution in [0.1, 0.15) is 37.9 Å². The van der Waals surface area contributed by atoms with Crippen molar-refractivity contribution in [3.8, 4) is 0 Å². The first-order valence-corrected chi connectivity index (χ1v) is 8.69. The molecular weight excluding hydrogens is 306 g/mol. The summed E-state index contributed by atoms with van der Waals surface area (Å²) < 4.78 is 0. The summed E-state index contributed by atoms with van der Waals surface area (Å²) in [4.78, 5) is 33.5. The van der Waals surface area contributed by atoms with Crippen LogP contribution in [0.15, 0.2) is 30.3 Å². The van der Waals surface area contributed by atoms with E-state index in [4.69, 9.17) is 4.84 Å². The zero-order valence-corrected chi connectivity index (χ0v) is 14.1. The van der Waals surface area contributed by atoms with Gasteiger partial charge in [-0.25, -0.2) is 10.3 Å². The second kappa shape index (κ2) is 7.66. The van der Waals surface area contributed by atoms with Crippen LogP contribution in [-0.4, -0.2) is 47.9 Å². The van der Waals surface area contributed by atoms with Gasteiger partial charge in [0.25, 0.3) is 0 Å². The van der Waals surface area contributed by atoms with Crippen molar-refractivity contribution in [3.63, 3.8) is 0 Å². The Hall–Kier alpha value is -2.08. The van der Waals surface area contributed by atoms with Gasteiger partial charge in [0.05, 0.1) is 0 Å². The number of rotatable bonds is 4. The van der Waals surface area contributed by atoms with Crippen molar-refractivity contribution in [3.05, 3.63) is 35.9 Å². The molecule has 1 aliphatic carbocycles. The first-order chi connectivity index (χ1) is 11.6. The van der Waals surface area contributed by atoms with Crippen LogP contribution in [0.2, 0.25) is 0 Å². The number of carbonyl (C=O) groups is 2. The van der Waals surface area contributed by atoms with Gasteiger partial charge in [-0.05, 0) is 31.7 Å². The number of urea groups is 1. The molecule has 6 heteroatoms. The molecule has 0 bridgehead atoms. The molecule has 0 aromatic heterocycles. The number of amides is 3. The summed E-state index contributed by atoms with van der Waals surface area (Å²) in [5.74, 6) is 0.492. The molecule has 3 amide bonds. The second-order valence-corrected chi connectivity index (χ2v) is 6.52. The number of benzene rings is 1. The highest BCUT2D eigenvalue weighted by Gasteiger charge is 2.34. The Bertz CT molecular complexity index is 574. The quantitative estimate of drug-likeness (QED) is 0.862. The predicted molar refractivity (Wildman–Crippen MR) is 90.0 cm³/mol. The molecule has 130 valence electrons. The van der Waals surface area contributed by atoms with Gasteiger partial charge in [-0.2, -0.15) is 0 Å². The molecule has 1 atom stereocenters. The van der Waals surface area contributed by atoms with Crippen LogP contribution in [0.3, 0.4) is 0 Å². The molecule has 1 heterocycles. The maximum atomic E-state index is 12.3. The second-order valence-electron chi connectivity index (χ2n) is 6.52. The lowest BCUT2D eigenvalue weighted by Crippen LogP contribution is -2.43. The van der Waals surface area contributed by atoms with Crippen LogP contribution in [0, 0.1) is 5.92 Å². The van der Waals surface area contributed by atoms with E-state index in [1.165, 1.54) is 0 Å².